The molecule has 19 heavy (non-hydrogen) atoms. The van der Waals surface area contributed by atoms with Crippen LogP contribution in [0.1, 0.15) is 32.2 Å². The van der Waals surface area contributed by atoms with Gasteiger partial charge in [-0.3, -0.25) is 0 Å². The summed E-state index contributed by atoms with van der Waals surface area (Å²) in [6.07, 6.45) is 1.01. The van der Waals surface area contributed by atoms with Crippen molar-refractivity contribution in [1.82, 2.24) is 15.5 Å². The molecule has 0 aliphatic rings. The molecule has 0 bridgehead atoms. The van der Waals surface area contributed by atoms with E-state index < -0.39 is 5.82 Å². The molecule has 0 fully saturated rings. The van der Waals surface area contributed by atoms with Gasteiger partial charge in [0.2, 0.25) is 5.89 Å². The van der Waals surface area contributed by atoms with E-state index in [-0.39, 0.29) is 17.5 Å². The Labute approximate surface area is 116 Å². The molecule has 1 unspecified atom stereocenters. The molecule has 0 saturated heterocycles. The smallest absolute Gasteiger partial charge is 0.250 e. The van der Waals surface area contributed by atoms with Gasteiger partial charge in [0, 0.05) is 5.02 Å². The molecular weight excluding hydrogens is 269 g/mol. The van der Waals surface area contributed by atoms with Crippen LogP contribution in [0.5, 0.6) is 0 Å². The van der Waals surface area contributed by atoms with Gasteiger partial charge in [-0.15, -0.1) is 10.2 Å². The highest BCUT2D eigenvalue weighted by atomic mass is 35.5. The maximum absolute atomic E-state index is 13.7. The molecule has 1 atom stereocenters. The lowest BCUT2D eigenvalue weighted by Gasteiger charge is -2.07. The Morgan fingerprint density at radius 2 is 2.21 bits per heavy atom. The molecule has 102 valence electrons. The lowest BCUT2D eigenvalue weighted by molar-refractivity contribution is 0.422. The molecule has 0 spiro atoms. The first-order chi connectivity index (χ1) is 9.11. The Kier molecular flexibility index (Phi) is 4.50. The first-order valence-electron chi connectivity index (χ1n) is 6.14. The third kappa shape index (κ3) is 3.30. The van der Waals surface area contributed by atoms with E-state index in [9.17, 15) is 4.39 Å². The molecule has 4 nitrogen and oxygen atoms in total. The third-order valence-corrected chi connectivity index (χ3v) is 2.91. The molecule has 2 rings (SSSR count). The van der Waals surface area contributed by atoms with Crippen LogP contribution in [0.2, 0.25) is 5.02 Å². The number of nitrogens with one attached hydrogen (secondary N) is 1. The van der Waals surface area contributed by atoms with Gasteiger partial charge >= 0.3 is 0 Å². The fourth-order valence-electron chi connectivity index (χ4n) is 1.63. The van der Waals surface area contributed by atoms with Crippen molar-refractivity contribution >= 4 is 11.6 Å². The Balaban J connectivity index is 2.20. The Morgan fingerprint density at radius 3 is 2.89 bits per heavy atom. The lowest BCUT2D eigenvalue weighted by atomic mass is 10.2. The van der Waals surface area contributed by atoms with Crippen molar-refractivity contribution in [2.45, 2.75) is 26.3 Å². The first kappa shape index (κ1) is 14.0. The molecular formula is C13H15ClFN3O. The van der Waals surface area contributed by atoms with Gasteiger partial charge in [0.15, 0.2) is 0 Å². The van der Waals surface area contributed by atoms with Crippen LogP contribution in [0.15, 0.2) is 22.6 Å². The Morgan fingerprint density at radius 1 is 1.42 bits per heavy atom. The summed E-state index contributed by atoms with van der Waals surface area (Å²) >= 11 is 5.70. The van der Waals surface area contributed by atoms with Crippen molar-refractivity contribution in [3.8, 4) is 11.5 Å². The highest BCUT2D eigenvalue weighted by molar-refractivity contribution is 6.30. The monoisotopic (exact) mass is 283 g/mol. The normalized spacial score (nSPS) is 12.6. The average molecular weight is 284 g/mol. The number of hydrogen-bond donors (Lipinski definition) is 1. The topological polar surface area (TPSA) is 51.0 Å². The number of rotatable bonds is 5. The summed E-state index contributed by atoms with van der Waals surface area (Å²) in [4.78, 5) is 0. The molecule has 0 aliphatic carbocycles. The maximum Gasteiger partial charge on any atom is 0.250 e. The van der Waals surface area contributed by atoms with Crippen molar-refractivity contribution in [1.29, 1.82) is 0 Å². The average Bonchev–Trinajstić information content (AvgIpc) is 2.85. The molecule has 1 aromatic heterocycles. The van der Waals surface area contributed by atoms with Crippen molar-refractivity contribution < 1.29 is 8.81 Å². The van der Waals surface area contributed by atoms with Crippen molar-refractivity contribution in [2.75, 3.05) is 6.54 Å². The van der Waals surface area contributed by atoms with Crippen LogP contribution < -0.4 is 5.32 Å². The minimum absolute atomic E-state index is 0.0587. The van der Waals surface area contributed by atoms with Crippen LogP contribution in [0.4, 0.5) is 4.39 Å². The quantitative estimate of drug-likeness (QED) is 0.911. The van der Waals surface area contributed by atoms with Gasteiger partial charge in [0.25, 0.3) is 5.89 Å². The van der Waals surface area contributed by atoms with Crippen LogP contribution in [0.25, 0.3) is 11.5 Å². The Hall–Kier alpha value is -1.46. The minimum atomic E-state index is -0.475. The highest BCUT2D eigenvalue weighted by Gasteiger charge is 2.16. The van der Waals surface area contributed by atoms with E-state index in [1.807, 2.05) is 6.92 Å². The molecule has 0 aliphatic heterocycles. The standard InChI is InChI=1S/C13H15ClFN3O/c1-3-6-16-8(2)12-17-18-13(19-12)10-5-4-9(14)7-11(10)15/h4-5,7-8,16H,3,6H2,1-2H3. The fraction of sp³-hybridized carbons (Fsp3) is 0.385. The minimum Gasteiger partial charge on any atom is -0.419 e. The largest absolute Gasteiger partial charge is 0.419 e. The van der Waals surface area contributed by atoms with Gasteiger partial charge in [0.05, 0.1) is 11.6 Å². The van der Waals surface area contributed by atoms with Gasteiger partial charge in [-0.1, -0.05) is 18.5 Å². The van der Waals surface area contributed by atoms with Gasteiger partial charge in [0.1, 0.15) is 5.82 Å². The number of benzene rings is 1. The second kappa shape index (κ2) is 6.12. The predicted octanol–water partition coefficient (Wildman–Crippen LogP) is 3.59. The number of halogens is 2. The second-order valence-electron chi connectivity index (χ2n) is 4.25. The molecule has 0 radical (unpaired) electrons. The SMILES string of the molecule is CCCNC(C)c1nnc(-c2ccc(Cl)cc2F)o1. The van der Waals surface area contributed by atoms with E-state index in [0.717, 1.165) is 13.0 Å². The van der Waals surface area contributed by atoms with E-state index in [0.29, 0.717) is 10.9 Å². The summed E-state index contributed by atoms with van der Waals surface area (Å²) in [7, 11) is 0. The molecule has 0 saturated carbocycles. The molecule has 1 aromatic carbocycles. The molecule has 0 amide bonds. The van der Waals surface area contributed by atoms with Crippen molar-refractivity contribution in [3.05, 3.63) is 34.9 Å². The number of hydrogen-bond acceptors (Lipinski definition) is 4. The molecule has 1 heterocycles. The van der Waals surface area contributed by atoms with E-state index in [4.69, 9.17) is 16.0 Å². The molecule has 2 aromatic rings. The van der Waals surface area contributed by atoms with Gasteiger partial charge in [-0.2, -0.15) is 0 Å². The lowest BCUT2D eigenvalue weighted by Crippen LogP contribution is -2.19. The summed E-state index contributed by atoms with van der Waals surface area (Å²) in [5.41, 5.74) is 0.255. The fourth-order valence-corrected chi connectivity index (χ4v) is 1.79. The summed E-state index contributed by atoms with van der Waals surface area (Å²) in [5, 5.41) is 11.4. The van der Waals surface area contributed by atoms with E-state index in [1.165, 1.54) is 12.1 Å². The maximum atomic E-state index is 13.7. The number of aromatic nitrogens is 2. The van der Waals surface area contributed by atoms with E-state index >= 15 is 0 Å². The van der Waals surface area contributed by atoms with Crippen LogP contribution in [-0.2, 0) is 0 Å². The van der Waals surface area contributed by atoms with E-state index in [2.05, 4.69) is 22.4 Å². The van der Waals surface area contributed by atoms with Gasteiger partial charge in [-0.25, -0.2) is 4.39 Å². The Bertz CT molecular complexity index is 559. The predicted molar refractivity (Wildman–Crippen MR) is 71.4 cm³/mol. The van der Waals surface area contributed by atoms with Crippen LogP contribution in [0, 0.1) is 5.82 Å². The van der Waals surface area contributed by atoms with Crippen molar-refractivity contribution in [3.63, 3.8) is 0 Å². The summed E-state index contributed by atoms with van der Waals surface area (Å²) < 4.78 is 19.2. The first-order valence-corrected chi connectivity index (χ1v) is 6.51. The summed E-state index contributed by atoms with van der Waals surface area (Å²) in [6, 6.07) is 4.28. The zero-order valence-electron chi connectivity index (χ0n) is 10.8. The zero-order valence-corrected chi connectivity index (χ0v) is 11.5. The van der Waals surface area contributed by atoms with Crippen LogP contribution in [-0.4, -0.2) is 16.7 Å². The third-order valence-electron chi connectivity index (χ3n) is 2.67. The van der Waals surface area contributed by atoms with E-state index in [1.54, 1.807) is 6.07 Å². The summed E-state index contributed by atoms with van der Waals surface area (Å²) in [6.45, 7) is 4.85. The molecule has 6 heteroatoms. The molecule has 1 N–H and O–H groups in total. The summed E-state index contributed by atoms with van der Waals surface area (Å²) in [5.74, 6) is 0.129. The van der Waals surface area contributed by atoms with Crippen molar-refractivity contribution in [2.24, 2.45) is 0 Å². The highest BCUT2D eigenvalue weighted by Crippen LogP contribution is 2.25. The van der Waals surface area contributed by atoms with Crippen LogP contribution >= 0.6 is 11.6 Å². The zero-order chi connectivity index (χ0) is 13.8. The van der Waals surface area contributed by atoms with Gasteiger partial charge in [-0.05, 0) is 38.1 Å². The second-order valence-corrected chi connectivity index (χ2v) is 4.68. The number of nitrogens with zero attached hydrogens (tertiary/aromatic N) is 2. The van der Waals surface area contributed by atoms with Crippen LogP contribution in [0.3, 0.4) is 0 Å². The van der Waals surface area contributed by atoms with Gasteiger partial charge < -0.3 is 9.73 Å².